The minimum atomic E-state index is -0.332. The molecule has 1 aliphatic rings. The number of hydrogen-bond acceptors (Lipinski definition) is 5. The average Bonchev–Trinajstić information content (AvgIpc) is 3.26. The number of anilines is 1. The summed E-state index contributed by atoms with van der Waals surface area (Å²) < 4.78 is 7.08. The van der Waals surface area contributed by atoms with E-state index in [-0.39, 0.29) is 12.0 Å². The number of fused-ring (bicyclic) bond motifs is 1. The predicted octanol–water partition coefficient (Wildman–Crippen LogP) is 2.53. The molecule has 1 aromatic carbocycles. The van der Waals surface area contributed by atoms with Crippen LogP contribution in [0.2, 0.25) is 0 Å². The summed E-state index contributed by atoms with van der Waals surface area (Å²) in [6, 6.07) is 7.58. The van der Waals surface area contributed by atoms with E-state index in [1.165, 1.54) is 0 Å². The first kappa shape index (κ1) is 15.7. The lowest BCUT2D eigenvalue weighted by atomic mass is 10.1. The van der Waals surface area contributed by atoms with E-state index in [0.717, 1.165) is 41.2 Å². The molecule has 1 amide bonds. The highest BCUT2D eigenvalue weighted by molar-refractivity contribution is 5.94. The minimum absolute atomic E-state index is 0.0858. The number of hydrogen-bond donors (Lipinski definition) is 1. The van der Waals surface area contributed by atoms with Crippen molar-refractivity contribution in [2.75, 3.05) is 11.9 Å². The van der Waals surface area contributed by atoms with E-state index in [2.05, 4.69) is 20.4 Å². The molecule has 0 radical (unpaired) electrons. The van der Waals surface area contributed by atoms with Crippen molar-refractivity contribution in [1.29, 1.82) is 0 Å². The summed E-state index contributed by atoms with van der Waals surface area (Å²) in [5.74, 6) is 0.492. The first-order valence-electron chi connectivity index (χ1n) is 8.34. The third-order valence-electron chi connectivity index (χ3n) is 4.39. The van der Waals surface area contributed by atoms with E-state index in [4.69, 9.17) is 4.74 Å². The quantitative estimate of drug-likeness (QED) is 0.794. The number of amides is 1. The van der Waals surface area contributed by atoms with Crippen molar-refractivity contribution in [3.63, 3.8) is 0 Å². The van der Waals surface area contributed by atoms with Crippen LogP contribution in [0.5, 0.6) is 0 Å². The van der Waals surface area contributed by atoms with Crippen molar-refractivity contribution in [2.24, 2.45) is 0 Å². The molecule has 1 N–H and O–H groups in total. The van der Waals surface area contributed by atoms with Crippen LogP contribution in [-0.2, 0) is 9.53 Å². The van der Waals surface area contributed by atoms with Crippen LogP contribution in [0.25, 0.3) is 17.0 Å². The number of nitrogens with zero attached hydrogens (tertiary/aromatic N) is 4. The van der Waals surface area contributed by atoms with E-state index in [1.54, 1.807) is 4.52 Å². The van der Waals surface area contributed by atoms with Gasteiger partial charge in [0, 0.05) is 17.9 Å². The molecule has 1 saturated heterocycles. The molecule has 3 aromatic rings. The lowest BCUT2D eigenvalue weighted by Gasteiger charge is -2.10. The Morgan fingerprint density at radius 1 is 1.20 bits per heavy atom. The monoisotopic (exact) mass is 337 g/mol. The summed E-state index contributed by atoms with van der Waals surface area (Å²) in [4.78, 5) is 21.0. The van der Waals surface area contributed by atoms with E-state index in [1.807, 2.05) is 44.3 Å². The molecule has 0 unspecified atom stereocenters. The van der Waals surface area contributed by atoms with Gasteiger partial charge in [-0.25, -0.2) is 14.5 Å². The SMILES string of the molecule is Cc1nc2nc(-c3ccc(NC(=O)[C@H]4CCCO4)cc3)cn2nc1C. The number of carbonyl (C=O) groups excluding carboxylic acids is 1. The summed E-state index contributed by atoms with van der Waals surface area (Å²) >= 11 is 0. The molecule has 0 bridgehead atoms. The van der Waals surface area contributed by atoms with Gasteiger partial charge in [-0.05, 0) is 38.8 Å². The molecule has 7 nitrogen and oxygen atoms in total. The molecule has 1 atom stereocenters. The first-order chi connectivity index (χ1) is 12.1. The van der Waals surface area contributed by atoms with Crippen LogP contribution in [0.3, 0.4) is 0 Å². The molecule has 128 valence electrons. The molecular formula is C18H19N5O2. The number of imidazole rings is 1. The largest absolute Gasteiger partial charge is 0.368 e. The lowest BCUT2D eigenvalue weighted by Crippen LogP contribution is -2.26. The maximum atomic E-state index is 12.1. The molecule has 0 aliphatic carbocycles. The highest BCUT2D eigenvalue weighted by atomic mass is 16.5. The van der Waals surface area contributed by atoms with Gasteiger partial charge >= 0.3 is 0 Å². The summed E-state index contributed by atoms with van der Waals surface area (Å²) in [5, 5.41) is 7.33. The van der Waals surface area contributed by atoms with Crippen LogP contribution in [0.15, 0.2) is 30.5 Å². The number of rotatable bonds is 3. The van der Waals surface area contributed by atoms with Gasteiger partial charge in [-0.2, -0.15) is 5.10 Å². The van der Waals surface area contributed by atoms with Gasteiger partial charge in [0.2, 0.25) is 0 Å². The Morgan fingerprint density at radius 2 is 2.00 bits per heavy atom. The Balaban J connectivity index is 1.54. The highest BCUT2D eigenvalue weighted by Gasteiger charge is 2.23. The van der Waals surface area contributed by atoms with Gasteiger partial charge in [0.1, 0.15) is 6.10 Å². The second-order valence-electron chi connectivity index (χ2n) is 6.22. The van der Waals surface area contributed by atoms with E-state index in [0.29, 0.717) is 12.4 Å². The maximum Gasteiger partial charge on any atom is 0.253 e. The van der Waals surface area contributed by atoms with Crippen molar-refractivity contribution in [1.82, 2.24) is 19.6 Å². The third kappa shape index (κ3) is 3.10. The number of benzene rings is 1. The number of carbonyl (C=O) groups is 1. The van der Waals surface area contributed by atoms with Gasteiger partial charge in [0.25, 0.3) is 11.7 Å². The molecule has 25 heavy (non-hydrogen) atoms. The average molecular weight is 337 g/mol. The molecule has 7 heteroatoms. The number of ether oxygens (including phenoxy) is 1. The Labute approximate surface area is 145 Å². The number of nitrogens with one attached hydrogen (secondary N) is 1. The minimum Gasteiger partial charge on any atom is -0.368 e. The van der Waals surface area contributed by atoms with E-state index < -0.39 is 0 Å². The second-order valence-corrected chi connectivity index (χ2v) is 6.22. The summed E-state index contributed by atoms with van der Waals surface area (Å²) in [6.45, 7) is 4.50. The molecule has 1 fully saturated rings. The summed E-state index contributed by atoms with van der Waals surface area (Å²) in [5.41, 5.74) is 4.23. The maximum absolute atomic E-state index is 12.1. The van der Waals surface area contributed by atoms with Crippen LogP contribution in [-0.4, -0.2) is 38.2 Å². The van der Waals surface area contributed by atoms with Crippen molar-refractivity contribution in [3.8, 4) is 11.3 Å². The fraction of sp³-hybridized carbons (Fsp3) is 0.333. The normalized spacial score (nSPS) is 17.1. The first-order valence-corrected chi connectivity index (χ1v) is 8.34. The van der Waals surface area contributed by atoms with Crippen LogP contribution < -0.4 is 5.32 Å². The van der Waals surface area contributed by atoms with E-state index in [9.17, 15) is 4.79 Å². The molecular weight excluding hydrogens is 318 g/mol. The zero-order valence-corrected chi connectivity index (χ0v) is 14.2. The highest BCUT2D eigenvalue weighted by Crippen LogP contribution is 2.22. The van der Waals surface area contributed by atoms with E-state index >= 15 is 0 Å². The molecule has 0 saturated carbocycles. The molecule has 1 aliphatic heterocycles. The zero-order chi connectivity index (χ0) is 17.4. The third-order valence-corrected chi connectivity index (χ3v) is 4.39. The topological polar surface area (TPSA) is 81.4 Å². The van der Waals surface area contributed by atoms with Crippen molar-refractivity contribution in [2.45, 2.75) is 32.8 Å². The van der Waals surface area contributed by atoms with Crippen molar-refractivity contribution in [3.05, 3.63) is 41.9 Å². The molecule has 2 aromatic heterocycles. The second kappa shape index (κ2) is 6.25. The van der Waals surface area contributed by atoms with Crippen LogP contribution in [0, 0.1) is 13.8 Å². The van der Waals surface area contributed by atoms with Crippen LogP contribution >= 0.6 is 0 Å². The van der Waals surface area contributed by atoms with Gasteiger partial charge in [0.05, 0.1) is 23.3 Å². The Kier molecular flexibility index (Phi) is 3.93. The van der Waals surface area contributed by atoms with Gasteiger partial charge in [-0.15, -0.1) is 0 Å². The molecule has 3 heterocycles. The number of aryl methyl sites for hydroxylation is 2. The zero-order valence-electron chi connectivity index (χ0n) is 14.2. The Morgan fingerprint density at radius 3 is 2.72 bits per heavy atom. The van der Waals surface area contributed by atoms with Gasteiger partial charge in [0.15, 0.2) is 0 Å². The Bertz CT molecular complexity index is 888. The summed E-state index contributed by atoms with van der Waals surface area (Å²) in [7, 11) is 0. The fourth-order valence-corrected chi connectivity index (χ4v) is 2.85. The number of aromatic nitrogens is 4. The van der Waals surface area contributed by atoms with Gasteiger partial charge in [-0.1, -0.05) is 12.1 Å². The Hall–Kier alpha value is -2.80. The van der Waals surface area contributed by atoms with Crippen LogP contribution in [0.1, 0.15) is 24.2 Å². The van der Waals surface area contributed by atoms with Crippen LogP contribution in [0.4, 0.5) is 5.69 Å². The predicted molar refractivity (Wildman–Crippen MR) is 93.3 cm³/mol. The smallest absolute Gasteiger partial charge is 0.253 e. The fourth-order valence-electron chi connectivity index (χ4n) is 2.85. The molecule has 0 spiro atoms. The van der Waals surface area contributed by atoms with Crippen molar-refractivity contribution < 1.29 is 9.53 Å². The molecule has 4 rings (SSSR count). The van der Waals surface area contributed by atoms with Gasteiger partial charge in [-0.3, -0.25) is 4.79 Å². The van der Waals surface area contributed by atoms with Crippen molar-refractivity contribution >= 4 is 17.4 Å². The lowest BCUT2D eigenvalue weighted by molar-refractivity contribution is -0.124. The summed E-state index contributed by atoms with van der Waals surface area (Å²) in [6.07, 6.45) is 3.24. The van der Waals surface area contributed by atoms with Gasteiger partial charge < -0.3 is 10.1 Å². The standard InChI is InChI=1S/C18H19N5O2/c1-11-12(2)22-23-10-15(21-18(23)19-11)13-5-7-14(8-6-13)20-17(24)16-4-3-9-25-16/h5-8,10,16H,3-4,9H2,1-2H3,(H,20,24)/t16-/m1/s1.